The van der Waals surface area contributed by atoms with E-state index in [-0.39, 0.29) is 5.91 Å². The van der Waals surface area contributed by atoms with Gasteiger partial charge >= 0.3 is 0 Å². The second-order valence-electron chi connectivity index (χ2n) is 5.73. The minimum Gasteiger partial charge on any atom is -0.382 e. The minimum atomic E-state index is -0.266. The number of carbonyl (C=O) groups is 1. The zero-order valence-corrected chi connectivity index (χ0v) is 10.6. The Hall–Kier alpha value is -1.51. The Morgan fingerprint density at radius 3 is 2.78 bits per heavy atom. The topological polar surface area (TPSA) is 55.1 Å². The molecule has 3 nitrogen and oxygen atoms in total. The third kappa shape index (κ3) is 2.22. The highest BCUT2D eigenvalue weighted by Gasteiger charge is 2.39. The molecule has 0 radical (unpaired) electrons. The van der Waals surface area contributed by atoms with Gasteiger partial charge in [0.05, 0.1) is 6.42 Å². The van der Waals surface area contributed by atoms with Crippen molar-refractivity contribution in [1.29, 1.82) is 0 Å². The Kier molecular flexibility index (Phi) is 2.98. The molecule has 2 aliphatic carbocycles. The Bertz CT molecular complexity index is 458. The van der Waals surface area contributed by atoms with E-state index in [1.165, 1.54) is 25.7 Å². The zero-order chi connectivity index (χ0) is 12.5. The first-order chi connectivity index (χ1) is 8.72. The van der Waals surface area contributed by atoms with Crippen LogP contribution in [0.3, 0.4) is 0 Å². The summed E-state index contributed by atoms with van der Waals surface area (Å²) < 4.78 is 0. The molecule has 2 fully saturated rings. The minimum absolute atomic E-state index is 0.266. The van der Waals surface area contributed by atoms with Crippen molar-refractivity contribution in [3.05, 3.63) is 29.8 Å². The molecule has 3 N–H and O–H groups in total. The number of rotatable bonds is 4. The van der Waals surface area contributed by atoms with Gasteiger partial charge in [-0.05, 0) is 42.7 Å². The molecule has 0 saturated heterocycles. The largest absolute Gasteiger partial charge is 0.382 e. The first kappa shape index (κ1) is 11.6. The van der Waals surface area contributed by atoms with Crippen LogP contribution in [0.25, 0.3) is 0 Å². The molecule has 3 rings (SSSR count). The van der Waals surface area contributed by atoms with E-state index in [0.29, 0.717) is 12.5 Å². The van der Waals surface area contributed by atoms with E-state index in [1.54, 1.807) is 0 Å². The van der Waals surface area contributed by atoms with Gasteiger partial charge in [0.25, 0.3) is 0 Å². The molecule has 96 valence electrons. The third-order valence-electron chi connectivity index (χ3n) is 4.46. The lowest BCUT2D eigenvalue weighted by Crippen LogP contribution is -2.26. The van der Waals surface area contributed by atoms with Gasteiger partial charge in [0.1, 0.15) is 0 Å². The first-order valence-corrected chi connectivity index (χ1v) is 6.85. The number of carbonyl (C=O) groups excluding carboxylic acids is 1. The standard InChI is InChI=1S/C15H20N2O/c16-15(18)9-11-3-1-2-4-13(11)17-14-8-10-5-6-12(14)7-10/h1-4,10,12,14,17H,5-9H2,(H2,16,18). The van der Waals surface area contributed by atoms with Crippen molar-refractivity contribution in [2.45, 2.75) is 38.1 Å². The molecule has 2 bridgehead atoms. The highest BCUT2D eigenvalue weighted by atomic mass is 16.1. The van der Waals surface area contributed by atoms with E-state index in [1.807, 2.05) is 18.2 Å². The van der Waals surface area contributed by atoms with Crippen LogP contribution < -0.4 is 11.1 Å². The van der Waals surface area contributed by atoms with Gasteiger partial charge in [-0.2, -0.15) is 0 Å². The van der Waals surface area contributed by atoms with Crippen molar-refractivity contribution in [3.8, 4) is 0 Å². The number of anilines is 1. The molecule has 0 aliphatic heterocycles. The second kappa shape index (κ2) is 4.63. The SMILES string of the molecule is NC(=O)Cc1ccccc1NC1CC2CCC1C2. The summed E-state index contributed by atoms with van der Waals surface area (Å²) in [6.07, 6.45) is 5.77. The van der Waals surface area contributed by atoms with Crippen molar-refractivity contribution in [1.82, 2.24) is 0 Å². The van der Waals surface area contributed by atoms with Crippen LogP contribution in [0.5, 0.6) is 0 Å². The van der Waals surface area contributed by atoms with E-state index >= 15 is 0 Å². The molecule has 0 spiro atoms. The molecule has 0 heterocycles. The highest BCUT2D eigenvalue weighted by Crippen LogP contribution is 2.45. The normalized spacial score (nSPS) is 29.4. The molecule has 1 amide bonds. The van der Waals surface area contributed by atoms with Gasteiger partial charge in [-0.25, -0.2) is 0 Å². The predicted octanol–water partition coefficient (Wildman–Crippen LogP) is 2.31. The molecule has 3 atom stereocenters. The third-order valence-corrected chi connectivity index (χ3v) is 4.46. The summed E-state index contributed by atoms with van der Waals surface area (Å²) in [6, 6.07) is 8.62. The summed E-state index contributed by atoms with van der Waals surface area (Å²) in [6.45, 7) is 0. The lowest BCUT2D eigenvalue weighted by Gasteiger charge is -2.25. The number of para-hydroxylation sites is 1. The number of fused-ring (bicyclic) bond motifs is 2. The summed E-state index contributed by atoms with van der Waals surface area (Å²) in [4.78, 5) is 11.1. The quantitative estimate of drug-likeness (QED) is 0.854. The van der Waals surface area contributed by atoms with Crippen LogP contribution in [0.2, 0.25) is 0 Å². The van der Waals surface area contributed by atoms with Crippen LogP contribution in [0.1, 0.15) is 31.2 Å². The average Bonchev–Trinajstić information content (AvgIpc) is 2.93. The number of benzene rings is 1. The van der Waals surface area contributed by atoms with E-state index in [2.05, 4.69) is 11.4 Å². The van der Waals surface area contributed by atoms with Crippen LogP contribution in [0.4, 0.5) is 5.69 Å². The molecule has 0 aromatic heterocycles. The van der Waals surface area contributed by atoms with Gasteiger partial charge in [-0.1, -0.05) is 24.6 Å². The first-order valence-electron chi connectivity index (χ1n) is 6.85. The van der Waals surface area contributed by atoms with Gasteiger partial charge in [0, 0.05) is 11.7 Å². The average molecular weight is 244 g/mol. The Labute approximate surface area is 108 Å². The monoisotopic (exact) mass is 244 g/mol. The van der Waals surface area contributed by atoms with Crippen LogP contribution >= 0.6 is 0 Å². The lowest BCUT2D eigenvalue weighted by molar-refractivity contribution is -0.117. The number of primary amides is 1. The van der Waals surface area contributed by atoms with E-state index < -0.39 is 0 Å². The highest BCUT2D eigenvalue weighted by molar-refractivity contribution is 5.78. The smallest absolute Gasteiger partial charge is 0.221 e. The summed E-state index contributed by atoms with van der Waals surface area (Å²) in [5.41, 5.74) is 7.41. The van der Waals surface area contributed by atoms with Gasteiger partial charge in [0.2, 0.25) is 5.91 Å². The summed E-state index contributed by atoms with van der Waals surface area (Å²) in [7, 11) is 0. The lowest BCUT2D eigenvalue weighted by atomic mass is 9.94. The number of nitrogens with two attached hydrogens (primary N) is 1. The summed E-state index contributed by atoms with van der Waals surface area (Å²) >= 11 is 0. The fraction of sp³-hybridized carbons (Fsp3) is 0.533. The van der Waals surface area contributed by atoms with Crippen LogP contribution in [-0.2, 0) is 11.2 Å². The van der Waals surface area contributed by atoms with Gasteiger partial charge in [-0.15, -0.1) is 0 Å². The maximum Gasteiger partial charge on any atom is 0.221 e. The van der Waals surface area contributed by atoms with Crippen molar-refractivity contribution >= 4 is 11.6 Å². The van der Waals surface area contributed by atoms with Gasteiger partial charge in [-0.3, -0.25) is 4.79 Å². The fourth-order valence-electron chi connectivity index (χ4n) is 3.62. The predicted molar refractivity (Wildman–Crippen MR) is 72.2 cm³/mol. The molecular formula is C15H20N2O. The van der Waals surface area contributed by atoms with E-state index in [4.69, 9.17) is 5.73 Å². The van der Waals surface area contributed by atoms with Crippen LogP contribution in [0.15, 0.2) is 24.3 Å². The Morgan fingerprint density at radius 2 is 2.11 bits per heavy atom. The van der Waals surface area contributed by atoms with E-state index in [9.17, 15) is 4.79 Å². The molecule has 3 unspecified atom stereocenters. The summed E-state index contributed by atoms with van der Waals surface area (Å²) in [5, 5.41) is 3.64. The number of hydrogen-bond donors (Lipinski definition) is 2. The van der Waals surface area contributed by atoms with Crippen molar-refractivity contribution in [2.75, 3.05) is 5.32 Å². The van der Waals surface area contributed by atoms with Crippen molar-refractivity contribution in [3.63, 3.8) is 0 Å². The van der Waals surface area contributed by atoms with Crippen LogP contribution in [0, 0.1) is 11.8 Å². The maximum atomic E-state index is 11.1. The van der Waals surface area contributed by atoms with Gasteiger partial charge in [0.15, 0.2) is 0 Å². The zero-order valence-electron chi connectivity index (χ0n) is 10.6. The Morgan fingerprint density at radius 1 is 1.28 bits per heavy atom. The number of hydrogen-bond acceptors (Lipinski definition) is 2. The summed E-state index contributed by atoms with van der Waals surface area (Å²) in [5.74, 6) is 1.49. The second-order valence-corrected chi connectivity index (χ2v) is 5.73. The van der Waals surface area contributed by atoms with Crippen LogP contribution in [-0.4, -0.2) is 11.9 Å². The van der Waals surface area contributed by atoms with Crippen molar-refractivity contribution in [2.24, 2.45) is 17.6 Å². The molecule has 1 aromatic rings. The fourth-order valence-corrected chi connectivity index (χ4v) is 3.62. The molecule has 2 saturated carbocycles. The molecular weight excluding hydrogens is 224 g/mol. The maximum absolute atomic E-state index is 11.1. The molecule has 2 aliphatic rings. The molecule has 18 heavy (non-hydrogen) atoms. The van der Waals surface area contributed by atoms with Crippen molar-refractivity contribution < 1.29 is 4.79 Å². The molecule has 1 aromatic carbocycles. The number of nitrogens with one attached hydrogen (secondary N) is 1. The Balaban J connectivity index is 1.74. The molecule has 3 heteroatoms. The van der Waals surface area contributed by atoms with Gasteiger partial charge < -0.3 is 11.1 Å². The number of amides is 1. The van der Waals surface area contributed by atoms with E-state index in [0.717, 1.165) is 23.1 Å².